The largest absolute Gasteiger partial charge is 0.375 e. The van der Waals surface area contributed by atoms with Crippen molar-refractivity contribution in [3.63, 3.8) is 0 Å². The number of H-pyrrole nitrogens is 1. The van der Waals surface area contributed by atoms with Gasteiger partial charge in [0, 0.05) is 24.7 Å². The van der Waals surface area contributed by atoms with Crippen molar-refractivity contribution in [3.05, 3.63) is 53.9 Å². The van der Waals surface area contributed by atoms with Crippen molar-refractivity contribution < 1.29 is 17.9 Å². The first-order valence-electron chi connectivity index (χ1n) is 9.30. The third-order valence-corrected chi connectivity index (χ3v) is 7.32. The number of nitrogens with one attached hydrogen (secondary N) is 2. The minimum Gasteiger partial charge on any atom is -0.375 e. The molecule has 10 heteroatoms. The predicted octanol–water partition coefficient (Wildman–Crippen LogP) is 1.05. The van der Waals surface area contributed by atoms with Crippen LogP contribution in [0.1, 0.15) is 22.3 Å². The number of carbonyl (C=O) groups is 1. The summed E-state index contributed by atoms with van der Waals surface area (Å²) in [6.07, 6.45) is 3.87. The number of carbonyl (C=O) groups excluding carboxylic acids is 1. The summed E-state index contributed by atoms with van der Waals surface area (Å²) in [5.41, 5.74) is 1.86. The van der Waals surface area contributed by atoms with Gasteiger partial charge in [0.15, 0.2) is 5.65 Å². The van der Waals surface area contributed by atoms with E-state index < -0.39 is 10.0 Å². The van der Waals surface area contributed by atoms with E-state index in [1.165, 1.54) is 10.5 Å². The first-order valence-corrected chi connectivity index (χ1v) is 10.7. The number of hydrogen-bond acceptors (Lipinski definition) is 6. The van der Waals surface area contributed by atoms with Crippen LogP contribution in [-0.4, -0.2) is 59.1 Å². The Morgan fingerprint density at radius 1 is 1.28 bits per heavy atom. The molecule has 2 unspecified atom stereocenters. The molecule has 2 aliphatic heterocycles. The van der Waals surface area contributed by atoms with E-state index in [2.05, 4.69) is 20.5 Å². The molecule has 0 aliphatic carbocycles. The van der Waals surface area contributed by atoms with Gasteiger partial charge >= 0.3 is 0 Å². The summed E-state index contributed by atoms with van der Waals surface area (Å²) < 4.78 is 32.7. The Labute approximate surface area is 167 Å². The molecular formula is C19H19N5O4S. The number of sulfonamides is 1. The average molecular weight is 413 g/mol. The number of nitrogens with zero attached hydrogens (tertiary/aromatic N) is 3. The second kappa shape index (κ2) is 6.90. The molecule has 0 spiro atoms. The van der Waals surface area contributed by atoms with E-state index in [1.54, 1.807) is 36.5 Å². The van der Waals surface area contributed by atoms with Crippen LogP contribution in [-0.2, 0) is 21.3 Å². The highest BCUT2D eigenvalue weighted by Gasteiger charge is 2.45. The second-order valence-electron chi connectivity index (χ2n) is 7.28. The summed E-state index contributed by atoms with van der Waals surface area (Å²) in [6.45, 7) is 1.16. The molecule has 1 amide bonds. The summed E-state index contributed by atoms with van der Waals surface area (Å²) in [7, 11) is -3.53. The zero-order valence-electron chi connectivity index (χ0n) is 15.4. The van der Waals surface area contributed by atoms with Gasteiger partial charge in [0.25, 0.3) is 5.91 Å². The summed E-state index contributed by atoms with van der Waals surface area (Å²) >= 11 is 0. The van der Waals surface area contributed by atoms with E-state index in [9.17, 15) is 13.2 Å². The van der Waals surface area contributed by atoms with Crippen LogP contribution in [0.4, 0.5) is 0 Å². The summed E-state index contributed by atoms with van der Waals surface area (Å²) in [6, 6.07) is 8.26. The quantitative estimate of drug-likeness (QED) is 0.646. The fourth-order valence-electron chi connectivity index (χ4n) is 3.82. The van der Waals surface area contributed by atoms with Crippen molar-refractivity contribution in [1.82, 2.24) is 24.8 Å². The molecule has 2 aliphatic rings. The third kappa shape index (κ3) is 3.28. The Bertz CT molecular complexity index is 1170. The monoisotopic (exact) mass is 413 g/mol. The van der Waals surface area contributed by atoms with Crippen molar-refractivity contribution in [2.75, 3.05) is 13.2 Å². The predicted molar refractivity (Wildman–Crippen MR) is 104 cm³/mol. The molecule has 29 heavy (non-hydrogen) atoms. The molecule has 1 aromatic carbocycles. The van der Waals surface area contributed by atoms with Gasteiger partial charge in [0.2, 0.25) is 10.0 Å². The van der Waals surface area contributed by atoms with Crippen molar-refractivity contribution in [2.24, 2.45) is 0 Å². The Balaban J connectivity index is 1.25. The van der Waals surface area contributed by atoms with Crippen molar-refractivity contribution in [2.45, 2.75) is 30.0 Å². The molecule has 2 bridgehead atoms. The van der Waals surface area contributed by atoms with Crippen LogP contribution >= 0.6 is 0 Å². The lowest BCUT2D eigenvalue weighted by Gasteiger charge is -2.26. The van der Waals surface area contributed by atoms with Gasteiger partial charge in [-0.1, -0.05) is 12.1 Å². The number of rotatable bonds is 5. The van der Waals surface area contributed by atoms with Gasteiger partial charge in [0.05, 0.1) is 35.4 Å². The molecule has 4 heterocycles. The fraction of sp³-hybridized carbons (Fsp3) is 0.316. The SMILES string of the molecule is O=C(NCc1ccc(S(=O)(=O)N2CC3CC2CO3)cc1)c1cnc2[nH]ncc2c1. The van der Waals surface area contributed by atoms with E-state index >= 15 is 0 Å². The lowest BCUT2D eigenvalue weighted by atomic mass is 10.2. The van der Waals surface area contributed by atoms with Crippen LogP contribution in [0, 0.1) is 0 Å². The summed E-state index contributed by atoms with van der Waals surface area (Å²) in [5, 5.41) is 10.2. The Morgan fingerprint density at radius 3 is 2.83 bits per heavy atom. The van der Waals surface area contributed by atoms with Crippen LogP contribution in [0.15, 0.2) is 47.6 Å². The smallest absolute Gasteiger partial charge is 0.253 e. The van der Waals surface area contributed by atoms with Crippen molar-refractivity contribution in [1.29, 1.82) is 0 Å². The van der Waals surface area contributed by atoms with Crippen LogP contribution in [0.25, 0.3) is 11.0 Å². The van der Waals surface area contributed by atoms with Gasteiger partial charge in [-0.15, -0.1) is 0 Å². The molecule has 150 valence electrons. The highest BCUT2D eigenvalue weighted by atomic mass is 32.2. The number of ether oxygens (including phenoxy) is 1. The highest BCUT2D eigenvalue weighted by Crippen LogP contribution is 2.32. The number of pyridine rings is 1. The number of fused-ring (bicyclic) bond motifs is 3. The first-order chi connectivity index (χ1) is 14.0. The molecule has 3 aromatic rings. The summed E-state index contributed by atoms with van der Waals surface area (Å²) in [5.74, 6) is -0.259. The maximum absolute atomic E-state index is 12.9. The van der Waals surface area contributed by atoms with Gasteiger partial charge in [-0.2, -0.15) is 9.40 Å². The first kappa shape index (κ1) is 18.2. The lowest BCUT2D eigenvalue weighted by Crippen LogP contribution is -2.41. The topological polar surface area (TPSA) is 117 Å². The highest BCUT2D eigenvalue weighted by molar-refractivity contribution is 7.89. The molecular weight excluding hydrogens is 394 g/mol. The molecule has 2 aromatic heterocycles. The zero-order valence-corrected chi connectivity index (χ0v) is 16.2. The van der Waals surface area contributed by atoms with E-state index in [4.69, 9.17) is 4.74 Å². The maximum Gasteiger partial charge on any atom is 0.253 e. The maximum atomic E-state index is 12.9. The van der Waals surface area contributed by atoms with Gasteiger partial charge < -0.3 is 10.1 Å². The molecule has 9 nitrogen and oxygen atoms in total. The Kier molecular flexibility index (Phi) is 4.34. The van der Waals surface area contributed by atoms with Crippen LogP contribution in [0.5, 0.6) is 0 Å². The molecule has 2 fully saturated rings. The fourth-order valence-corrected chi connectivity index (χ4v) is 5.47. The third-order valence-electron chi connectivity index (χ3n) is 5.39. The lowest BCUT2D eigenvalue weighted by molar-refractivity contribution is 0.0608. The van der Waals surface area contributed by atoms with Crippen LogP contribution in [0.3, 0.4) is 0 Å². The number of benzene rings is 1. The number of amides is 1. The molecule has 5 rings (SSSR count). The van der Waals surface area contributed by atoms with Gasteiger partial charge in [0.1, 0.15) is 0 Å². The summed E-state index contributed by atoms with van der Waals surface area (Å²) in [4.78, 5) is 16.8. The van der Waals surface area contributed by atoms with Crippen LogP contribution in [0.2, 0.25) is 0 Å². The van der Waals surface area contributed by atoms with E-state index in [-0.39, 0.29) is 29.5 Å². The van der Waals surface area contributed by atoms with E-state index in [0.717, 1.165) is 17.4 Å². The Hall–Kier alpha value is -2.82. The minimum atomic E-state index is -3.53. The Morgan fingerprint density at radius 2 is 2.10 bits per heavy atom. The van der Waals surface area contributed by atoms with Crippen molar-refractivity contribution in [3.8, 4) is 0 Å². The number of morpholine rings is 1. The number of hydrogen-bond donors (Lipinski definition) is 2. The minimum absolute atomic E-state index is 0.0139. The van der Waals surface area contributed by atoms with Gasteiger partial charge in [-0.25, -0.2) is 13.4 Å². The van der Waals surface area contributed by atoms with Crippen molar-refractivity contribution >= 4 is 27.0 Å². The zero-order chi connectivity index (χ0) is 20.0. The van der Waals surface area contributed by atoms with Gasteiger partial charge in [-0.05, 0) is 30.2 Å². The van der Waals surface area contributed by atoms with E-state index in [0.29, 0.717) is 24.4 Å². The molecule has 2 saturated heterocycles. The standard InChI is InChI=1S/C19H19N5O4S/c25-19(14-5-13-9-22-23-18(13)20-8-14)21-7-12-1-3-17(4-2-12)29(26,27)24-10-16-6-15(24)11-28-16/h1-5,8-9,15-16H,6-7,10-11H2,(H,21,25)(H,20,22,23). The van der Waals surface area contributed by atoms with E-state index in [1.807, 2.05) is 0 Å². The second-order valence-corrected chi connectivity index (χ2v) is 9.17. The molecule has 2 N–H and O–H groups in total. The van der Waals surface area contributed by atoms with Gasteiger partial charge in [-0.3, -0.25) is 9.89 Å². The number of aromatic nitrogens is 3. The number of aromatic amines is 1. The molecule has 0 radical (unpaired) electrons. The normalized spacial score (nSPS) is 21.7. The van der Waals surface area contributed by atoms with Crippen LogP contribution < -0.4 is 5.32 Å². The molecule has 0 saturated carbocycles. The molecule has 2 atom stereocenters. The average Bonchev–Trinajstić information content (AvgIpc) is 3.48.